The zero-order valence-electron chi connectivity index (χ0n) is 18.2. The summed E-state index contributed by atoms with van der Waals surface area (Å²) in [6.07, 6.45) is 4.25. The monoisotopic (exact) mass is 466 g/mol. The summed E-state index contributed by atoms with van der Waals surface area (Å²) < 4.78 is 10.4. The SMILES string of the molecule is O=C(Nc1ccc(-c2csc(N3CCOCC3)n2)cc1)C1CCN(C(=O)c2ccoc2)CC1. The van der Waals surface area contributed by atoms with E-state index < -0.39 is 0 Å². The van der Waals surface area contributed by atoms with Crippen LogP contribution in [-0.4, -0.2) is 61.1 Å². The fourth-order valence-electron chi connectivity index (χ4n) is 4.18. The molecule has 0 aliphatic carbocycles. The third-order valence-corrected chi connectivity index (χ3v) is 7.04. The minimum atomic E-state index is -0.104. The number of piperidine rings is 1. The van der Waals surface area contributed by atoms with Crippen LogP contribution in [0.1, 0.15) is 23.2 Å². The molecular formula is C24H26N4O4S. The van der Waals surface area contributed by atoms with E-state index in [1.165, 1.54) is 12.5 Å². The van der Waals surface area contributed by atoms with Crippen LogP contribution in [0.2, 0.25) is 0 Å². The Morgan fingerprint density at radius 1 is 1.03 bits per heavy atom. The van der Waals surface area contributed by atoms with Crippen molar-refractivity contribution < 1.29 is 18.7 Å². The number of furan rings is 1. The van der Waals surface area contributed by atoms with Crippen molar-refractivity contribution in [3.63, 3.8) is 0 Å². The molecule has 1 aromatic carbocycles. The quantitative estimate of drug-likeness (QED) is 0.617. The maximum Gasteiger partial charge on any atom is 0.257 e. The first-order valence-electron chi connectivity index (χ1n) is 11.2. The minimum Gasteiger partial charge on any atom is -0.472 e. The molecule has 3 aromatic rings. The van der Waals surface area contributed by atoms with Gasteiger partial charge in [0.2, 0.25) is 5.91 Å². The number of carbonyl (C=O) groups excluding carboxylic acids is 2. The molecule has 9 heteroatoms. The van der Waals surface area contributed by atoms with Gasteiger partial charge in [0.25, 0.3) is 5.91 Å². The first kappa shape index (κ1) is 21.7. The number of morpholine rings is 1. The van der Waals surface area contributed by atoms with Gasteiger partial charge in [-0.3, -0.25) is 9.59 Å². The number of carbonyl (C=O) groups is 2. The van der Waals surface area contributed by atoms with Gasteiger partial charge >= 0.3 is 0 Å². The highest BCUT2D eigenvalue weighted by atomic mass is 32.1. The number of benzene rings is 1. The van der Waals surface area contributed by atoms with Crippen molar-refractivity contribution in [3.05, 3.63) is 53.8 Å². The highest BCUT2D eigenvalue weighted by Gasteiger charge is 2.28. The Kier molecular flexibility index (Phi) is 6.41. The van der Waals surface area contributed by atoms with Gasteiger partial charge in [-0.2, -0.15) is 0 Å². The van der Waals surface area contributed by atoms with Gasteiger partial charge in [-0.15, -0.1) is 11.3 Å². The van der Waals surface area contributed by atoms with E-state index in [0.29, 0.717) is 31.5 Å². The number of rotatable bonds is 5. The first-order chi connectivity index (χ1) is 16.2. The highest BCUT2D eigenvalue weighted by Crippen LogP contribution is 2.29. The first-order valence-corrected chi connectivity index (χ1v) is 12.1. The van der Waals surface area contributed by atoms with Gasteiger partial charge in [0.1, 0.15) is 6.26 Å². The third-order valence-electron chi connectivity index (χ3n) is 6.14. The average molecular weight is 467 g/mol. The molecule has 0 unspecified atom stereocenters. The molecule has 0 radical (unpaired) electrons. The zero-order valence-corrected chi connectivity index (χ0v) is 19.1. The molecule has 0 bridgehead atoms. The van der Waals surface area contributed by atoms with Crippen molar-refractivity contribution in [2.75, 3.05) is 49.6 Å². The Labute approximate surface area is 196 Å². The molecule has 8 nitrogen and oxygen atoms in total. The lowest BCUT2D eigenvalue weighted by molar-refractivity contribution is -0.121. The van der Waals surface area contributed by atoms with Crippen LogP contribution < -0.4 is 10.2 Å². The smallest absolute Gasteiger partial charge is 0.257 e. The number of nitrogens with one attached hydrogen (secondary N) is 1. The largest absolute Gasteiger partial charge is 0.472 e. The van der Waals surface area contributed by atoms with E-state index in [2.05, 4.69) is 15.6 Å². The summed E-state index contributed by atoms with van der Waals surface area (Å²) in [7, 11) is 0. The van der Waals surface area contributed by atoms with Gasteiger partial charge in [-0.05, 0) is 31.0 Å². The molecule has 2 aliphatic heterocycles. The van der Waals surface area contributed by atoms with Gasteiger partial charge < -0.3 is 24.3 Å². The van der Waals surface area contributed by atoms with E-state index in [1.54, 1.807) is 22.3 Å². The van der Waals surface area contributed by atoms with E-state index in [9.17, 15) is 9.59 Å². The van der Waals surface area contributed by atoms with Gasteiger partial charge in [0.05, 0.1) is 30.7 Å². The number of amides is 2. The second-order valence-electron chi connectivity index (χ2n) is 8.26. The predicted molar refractivity (Wildman–Crippen MR) is 127 cm³/mol. The van der Waals surface area contributed by atoms with Crippen LogP contribution >= 0.6 is 11.3 Å². The standard InChI is InChI=1S/C24H26N4O4S/c29-22(18-5-8-27(9-6-18)23(30)19-7-12-32-15-19)25-20-3-1-17(2-4-20)21-16-33-24(26-21)28-10-13-31-14-11-28/h1-4,7,12,15-16,18H,5-6,8-11,13-14H2,(H,25,29). The minimum absolute atomic E-state index is 0.00132. The number of hydrogen-bond donors (Lipinski definition) is 1. The lowest BCUT2D eigenvalue weighted by atomic mass is 9.95. The Hall–Kier alpha value is -3.17. The summed E-state index contributed by atoms with van der Waals surface area (Å²) >= 11 is 1.64. The lowest BCUT2D eigenvalue weighted by Gasteiger charge is -2.31. The van der Waals surface area contributed by atoms with Crippen LogP contribution in [0.3, 0.4) is 0 Å². The number of anilines is 2. The second kappa shape index (κ2) is 9.76. The number of aromatic nitrogens is 1. The van der Waals surface area contributed by atoms with Crippen molar-refractivity contribution in [3.8, 4) is 11.3 Å². The second-order valence-corrected chi connectivity index (χ2v) is 9.10. The summed E-state index contributed by atoms with van der Waals surface area (Å²) in [5.74, 6) is -0.147. The van der Waals surface area contributed by atoms with Crippen molar-refractivity contribution in [1.29, 1.82) is 0 Å². The fourth-order valence-corrected chi connectivity index (χ4v) is 5.07. The van der Waals surface area contributed by atoms with E-state index in [4.69, 9.17) is 14.1 Å². The van der Waals surface area contributed by atoms with Gasteiger partial charge in [-0.1, -0.05) is 12.1 Å². The number of thiazole rings is 1. The third kappa shape index (κ3) is 4.94. The molecule has 0 saturated carbocycles. The summed E-state index contributed by atoms with van der Waals surface area (Å²) in [6, 6.07) is 9.47. The van der Waals surface area contributed by atoms with Gasteiger partial charge in [-0.25, -0.2) is 4.98 Å². The van der Waals surface area contributed by atoms with Crippen molar-refractivity contribution in [2.24, 2.45) is 5.92 Å². The Morgan fingerprint density at radius 3 is 2.48 bits per heavy atom. The molecular weight excluding hydrogens is 440 g/mol. The summed E-state index contributed by atoms with van der Waals surface area (Å²) in [4.78, 5) is 34.0. The molecule has 2 fully saturated rings. The van der Waals surface area contributed by atoms with E-state index >= 15 is 0 Å². The van der Waals surface area contributed by atoms with Crippen LogP contribution in [0.5, 0.6) is 0 Å². The average Bonchev–Trinajstić information content (AvgIpc) is 3.58. The highest BCUT2D eigenvalue weighted by molar-refractivity contribution is 7.14. The maximum absolute atomic E-state index is 12.8. The molecule has 1 N–H and O–H groups in total. The van der Waals surface area contributed by atoms with E-state index in [0.717, 1.165) is 48.4 Å². The number of nitrogens with zero attached hydrogens (tertiary/aromatic N) is 3. The van der Waals surface area contributed by atoms with Crippen LogP contribution in [-0.2, 0) is 9.53 Å². The van der Waals surface area contributed by atoms with Crippen LogP contribution in [0, 0.1) is 5.92 Å². The normalized spacial score (nSPS) is 17.2. The maximum atomic E-state index is 12.8. The van der Waals surface area contributed by atoms with Gasteiger partial charge in [0, 0.05) is 48.7 Å². The number of likely N-dealkylation sites (tertiary alicyclic amines) is 1. The van der Waals surface area contributed by atoms with Crippen LogP contribution in [0.15, 0.2) is 52.7 Å². The van der Waals surface area contributed by atoms with E-state index in [-0.39, 0.29) is 17.7 Å². The summed E-state index contributed by atoms with van der Waals surface area (Å²) in [6.45, 7) is 4.35. The number of ether oxygens (including phenoxy) is 1. The molecule has 2 aliphatic rings. The molecule has 4 heterocycles. The van der Waals surface area contributed by atoms with Gasteiger partial charge in [0.15, 0.2) is 5.13 Å². The molecule has 2 saturated heterocycles. The van der Waals surface area contributed by atoms with Crippen molar-refractivity contribution in [1.82, 2.24) is 9.88 Å². The van der Waals surface area contributed by atoms with Crippen LogP contribution in [0.4, 0.5) is 10.8 Å². The summed E-state index contributed by atoms with van der Waals surface area (Å²) in [5, 5.41) is 6.10. The number of hydrogen-bond acceptors (Lipinski definition) is 7. The lowest BCUT2D eigenvalue weighted by Crippen LogP contribution is -2.41. The molecule has 5 rings (SSSR count). The topological polar surface area (TPSA) is 87.9 Å². The van der Waals surface area contributed by atoms with E-state index in [1.807, 2.05) is 24.3 Å². The molecule has 0 atom stereocenters. The molecule has 2 aromatic heterocycles. The molecule has 0 spiro atoms. The Bertz CT molecular complexity index is 1080. The van der Waals surface area contributed by atoms with Crippen molar-refractivity contribution >= 4 is 34.0 Å². The van der Waals surface area contributed by atoms with Crippen LogP contribution in [0.25, 0.3) is 11.3 Å². The predicted octanol–water partition coefficient (Wildman–Crippen LogP) is 3.73. The Balaban J connectivity index is 1.14. The van der Waals surface area contributed by atoms with Crippen molar-refractivity contribution in [2.45, 2.75) is 12.8 Å². The summed E-state index contributed by atoms with van der Waals surface area (Å²) in [5.41, 5.74) is 3.28. The molecule has 2 amide bonds. The zero-order chi connectivity index (χ0) is 22.6. The fraction of sp³-hybridized carbons (Fsp3) is 0.375. The molecule has 33 heavy (non-hydrogen) atoms. The Morgan fingerprint density at radius 2 is 1.79 bits per heavy atom. The molecule has 172 valence electrons.